The summed E-state index contributed by atoms with van der Waals surface area (Å²) in [5, 5.41) is 23.1. The fourth-order valence-electron chi connectivity index (χ4n) is 2.03. The number of hydrogen-bond acceptors (Lipinski definition) is 8. The molecule has 0 fully saturated rings. The molecule has 23 heavy (non-hydrogen) atoms. The molecule has 118 valence electrons. The number of carbonyl (C=O) groups is 1. The van der Waals surface area contributed by atoms with Crippen LogP contribution in [0, 0.1) is 0 Å². The van der Waals surface area contributed by atoms with Crippen LogP contribution in [0.4, 0.5) is 5.95 Å². The molecule has 1 aromatic carbocycles. The van der Waals surface area contributed by atoms with E-state index in [1.807, 2.05) is 0 Å². The topological polar surface area (TPSA) is 136 Å². The molecule has 0 unspecified atom stereocenters. The number of carbonyl (C=O) groups excluding carboxylic acids is 1. The number of phenols is 2. The van der Waals surface area contributed by atoms with Crippen LogP contribution in [0.3, 0.4) is 0 Å². The second kappa shape index (κ2) is 5.44. The van der Waals surface area contributed by atoms with Gasteiger partial charge in [0.2, 0.25) is 5.95 Å². The predicted octanol–water partition coefficient (Wildman–Crippen LogP) is 0.961. The number of hydrogen-bond donors (Lipinski definition) is 3. The molecule has 0 radical (unpaired) electrons. The molecular weight excluding hydrogens is 302 g/mol. The Hall–Kier alpha value is -3.36. The van der Waals surface area contributed by atoms with Crippen molar-refractivity contribution in [1.29, 1.82) is 0 Å². The SMILES string of the molecule is CCOC(=O)c1cnc(N)n2nc(-c3ccc(O)c(O)c3)nc12. The van der Waals surface area contributed by atoms with Gasteiger partial charge >= 0.3 is 5.97 Å². The van der Waals surface area contributed by atoms with Crippen LogP contribution in [-0.4, -0.2) is 42.4 Å². The summed E-state index contributed by atoms with van der Waals surface area (Å²) in [6.45, 7) is 1.90. The van der Waals surface area contributed by atoms with Crippen LogP contribution >= 0.6 is 0 Å². The Balaban J connectivity index is 2.17. The minimum Gasteiger partial charge on any atom is -0.504 e. The van der Waals surface area contributed by atoms with Crippen LogP contribution in [0.1, 0.15) is 17.3 Å². The summed E-state index contributed by atoms with van der Waals surface area (Å²) in [5.74, 6) is -0.887. The zero-order valence-electron chi connectivity index (χ0n) is 12.1. The maximum atomic E-state index is 12.0. The molecule has 9 nitrogen and oxygen atoms in total. The van der Waals surface area contributed by atoms with Gasteiger partial charge in [0.05, 0.1) is 6.61 Å². The largest absolute Gasteiger partial charge is 0.504 e. The van der Waals surface area contributed by atoms with Crippen molar-refractivity contribution in [1.82, 2.24) is 19.6 Å². The van der Waals surface area contributed by atoms with Gasteiger partial charge in [-0.25, -0.2) is 14.8 Å². The first-order valence-corrected chi connectivity index (χ1v) is 6.72. The summed E-state index contributed by atoms with van der Waals surface area (Å²) in [6, 6.07) is 4.14. The van der Waals surface area contributed by atoms with Gasteiger partial charge in [0, 0.05) is 11.8 Å². The maximum Gasteiger partial charge on any atom is 0.343 e. The van der Waals surface area contributed by atoms with E-state index in [1.54, 1.807) is 6.92 Å². The lowest BCUT2D eigenvalue weighted by atomic mass is 10.2. The van der Waals surface area contributed by atoms with Crippen molar-refractivity contribution >= 4 is 17.6 Å². The fraction of sp³-hybridized carbons (Fsp3) is 0.143. The standard InChI is InChI=1S/C14H13N5O4/c1-2-23-13(22)8-6-16-14(15)19-12(8)17-11(18-19)7-3-4-9(20)10(21)5-7/h3-6,20-21H,2H2,1H3,(H2,15,16). The number of nitrogen functional groups attached to an aromatic ring is 1. The molecule has 0 aliphatic rings. The van der Waals surface area contributed by atoms with Crippen LogP contribution in [0.2, 0.25) is 0 Å². The second-order valence-electron chi connectivity index (χ2n) is 4.62. The van der Waals surface area contributed by atoms with Gasteiger partial charge in [-0.2, -0.15) is 4.52 Å². The van der Waals surface area contributed by atoms with E-state index < -0.39 is 5.97 Å². The number of aromatic nitrogens is 4. The molecule has 2 aromatic heterocycles. The first-order chi connectivity index (χ1) is 11.0. The molecule has 0 aliphatic heterocycles. The van der Waals surface area contributed by atoms with Gasteiger partial charge < -0.3 is 20.7 Å². The Morgan fingerprint density at radius 3 is 2.83 bits per heavy atom. The van der Waals surface area contributed by atoms with Crippen LogP contribution in [0.5, 0.6) is 11.5 Å². The molecule has 0 atom stereocenters. The van der Waals surface area contributed by atoms with E-state index in [4.69, 9.17) is 10.5 Å². The number of fused-ring (bicyclic) bond motifs is 1. The monoisotopic (exact) mass is 315 g/mol. The number of rotatable bonds is 3. The van der Waals surface area contributed by atoms with Gasteiger partial charge in [0.25, 0.3) is 0 Å². The summed E-state index contributed by atoms with van der Waals surface area (Å²) in [4.78, 5) is 20.1. The molecule has 0 aliphatic carbocycles. The molecule has 3 aromatic rings. The minimum absolute atomic E-state index is 0.0507. The Bertz CT molecular complexity index is 906. The Morgan fingerprint density at radius 1 is 1.35 bits per heavy atom. The number of nitrogens with two attached hydrogens (primary N) is 1. The summed E-state index contributed by atoms with van der Waals surface area (Å²) >= 11 is 0. The van der Waals surface area contributed by atoms with Gasteiger partial charge in [0.1, 0.15) is 5.56 Å². The molecule has 4 N–H and O–H groups in total. The zero-order valence-corrected chi connectivity index (χ0v) is 12.1. The van der Waals surface area contributed by atoms with Crippen molar-refractivity contribution < 1.29 is 19.7 Å². The number of aromatic hydroxyl groups is 2. The van der Waals surface area contributed by atoms with Crippen molar-refractivity contribution in [2.24, 2.45) is 0 Å². The van der Waals surface area contributed by atoms with Gasteiger partial charge in [-0.05, 0) is 25.1 Å². The lowest BCUT2D eigenvalue weighted by Gasteiger charge is -2.03. The Kier molecular flexibility index (Phi) is 3.45. The van der Waals surface area contributed by atoms with Crippen molar-refractivity contribution in [3.05, 3.63) is 30.0 Å². The zero-order chi connectivity index (χ0) is 16.6. The number of anilines is 1. The fourth-order valence-corrected chi connectivity index (χ4v) is 2.03. The third-order valence-electron chi connectivity index (χ3n) is 3.12. The van der Waals surface area contributed by atoms with E-state index in [0.717, 1.165) is 0 Å². The minimum atomic E-state index is -0.586. The van der Waals surface area contributed by atoms with Crippen LogP contribution in [-0.2, 0) is 4.74 Å². The van der Waals surface area contributed by atoms with E-state index in [-0.39, 0.29) is 41.1 Å². The normalized spacial score (nSPS) is 10.8. The number of ether oxygens (including phenoxy) is 1. The summed E-state index contributed by atoms with van der Waals surface area (Å²) in [6.07, 6.45) is 1.27. The third kappa shape index (κ3) is 2.48. The smallest absolute Gasteiger partial charge is 0.343 e. The second-order valence-corrected chi connectivity index (χ2v) is 4.62. The average Bonchev–Trinajstić information content (AvgIpc) is 2.96. The van der Waals surface area contributed by atoms with Gasteiger partial charge in [-0.15, -0.1) is 5.10 Å². The lowest BCUT2D eigenvalue weighted by Crippen LogP contribution is -2.10. The highest BCUT2D eigenvalue weighted by molar-refractivity contribution is 5.96. The molecule has 2 heterocycles. The van der Waals surface area contributed by atoms with E-state index in [2.05, 4.69) is 15.1 Å². The van der Waals surface area contributed by atoms with Crippen LogP contribution < -0.4 is 5.73 Å². The van der Waals surface area contributed by atoms with E-state index in [9.17, 15) is 15.0 Å². The summed E-state index contributed by atoms with van der Waals surface area (Å²) in [5.41, 5.74) is 6.52. The quantitative estimate of drug-likeness (QED) is 0.480. The van der Waals surface area contributed by atoms with E-state index in [0.29, 0.717) is 5.56 Å². The summed E-state index contributed by atoms with van der Waals surface area (Å²) < 4.78 is 6.17. The summed E-state index contributed by atoms with van der Waals surface area (Å²) in [7, 11) is 0. The maximum absolute atomic E-state index is 12.0. The molecule has 0 amide bonds. The first-order valence-electron chi connectivity index (χ1n) is 6.72. The third-order valence-corrected chi connectivity index (χ3v) is 3.12. The van der Waals surface area contributed by atoms with Crippen LogP contribution in [0.25, 0.3) is 17.0 Å². The number of esters is 1. The van der Waals surface area contributed by atoms with Gasteiger partial charge in [0.15, 0.2) is 23.0 Å². The highest BCUT2D eigenvalue weighted by Gasteiger charge is 2.19. The van der Waals surface area contributed by atoms with Crippen molar-refractivity contribution in [2.75, 3.05) is 12.3 Å². The van der Waals surface area contributed by atoms with Gasteiger partial charge in [-0.1, -0.05) is 0 Å². The molecule has 0 spiro atoms. The van der Waals surface area contributed by atoms with Crippen molar-refractivity contribution in [3.8, 4) is 22.9 Å². The first kappa shape index (κ1) is 14.6. The number of nitrogens with zero attached hydrogens (tertiary/aromatic N) is 4. The molecule has 9 heteroatoms. The van der Waals surface area contributed by atoms with E-state index >= 15 is 0 Å². The highest BCUT2D eigenvalue weighted by Crippen LogP contribution is 2.29. The molecule has 0 saturated carbocycles. The molecular formula is C14H13N5O4. The van der Waals surface area contributed by atoms with Crippen LogP contribution in [0.15, 0.2) is 24.4 Å². The van der Waals surface area contributed by atoms with Crippen molar-refractivity contribution in [2.45, 2.75) is 6.92 Å². The number of benzene rings is 1. The van der Waals surface area contributed by atoms with E-state index in [1.165, 1.54) is 28.9 Å². The molecule has 0 saturated heterocycles. The highest BCUT2D eigenvalue weighted by atomic mass is 16.5. The Morgan fingerprint density at radius 2 is 2.13 bits per heavy atom. The van der Waals surface area contributed by atoms with Gasteiger partial charge in [-0.3, -0.25) is 0 Å². The predicted molar refractivity (Wildman–Crippen MR) is 79.9 cm³/mol. The number of phenolic OH excluding ortho intramolecular Hbond substituents is 2. The molecule has 3 rings (SSSR count). The lowest BCUT2D eigenvalue weighted by molar-refractivity contribution is 0.0527. The Labute approximate surface area is 130 Å². The molecule has 0 bridgehead atoms. The average molecular weight is 315 g/mol. The van der Waals surface area contributed by atoms with Crippen molar-refractivity contribution in [3.63, 3.8) is 0 Å².